The number of nitrogens with two attached hydrogens (primary N) is 1. The monoisotopic (exact) mass is 199 g/mol. The van der Waals surface area contributed by atoms with Gasteiger partial charge >= 0.3 is 0 Å². The van der Waals surface area contributed by atoms with Crippen molar-refractivity contribution in [1.82, 2.24) is 9.97 Å². The molecular formula is C12H13N3. The lowest BCUT2D eigenvalue weighted by molar-refractivity contribution is 0.969. The number of nitrogens with zero attached hydrogens (tertiary/aromatic N) is 2. The number of hydrogen-bond donors (Lipinski definition) is 1. The fourth-order valence-electron chi connectivity index (χ4n) is 1.50. The van der Waals surface area contributed by atoms with Gasteiger partial charge in [0.15, 0.2) is 0 Å². The van der Waals surface area contributed by atoms with E-state index >= 15 is 0 Å². The molecule has 0 spiro atoms. The predicted molar refractivity (Wildman–Crippen MR) is 60.2 cm³/mol. The topological polar surface area (TPSA) is 51.8 Å². The van der Waals surface area contributed by atoms with Crippen LogP contribution in [-0.4, -0.2) is 16.5 Å². The summed E-state index contributed by atoms with van der Waals surface area (Å²) in [5.41, 5.74) is 8.75. The van der Waals surface area contributed by atoms with Crippen molar-refractivity contribution in [3.63, 3.8) is 0 Å². The van der Waals surface area contributed by atoms with Crippen molar-refractivity contribution < 1.29 is 0 Å². The van der Waals surface area contributed by atoms with Crippen molar-refractivity contribution in [2.24, 2.45) is 5.73 Å². The first-order chi connectivity index (χ1) is 7.40. The van der Waals surface area contributed by atoms with Gasteiger partial charge in [0.1, 0.15) is 0 Å². The first kappa shape index (κ1) is 9.80. The standard InChI is InChI=1S/C12H13N3/c13-5-4-10-2-1-3-11(8-10)12-9-14-6-7-15-12/h1-3,6-9H,4-5,13H2. The highest BCUT2D eigenvalue weighted by atomic mass is 14.8. The van der Waals surface area contributed by atoms with Crippen LogP contribution < -0.4 is 5.73 Å². The third-order valence-corrected chi connectivity index (χ3v) is 2.22. The predicted octanol–water partition coefficient (Wildman–Crippen LogP) is 1.64. The van der Waals surface area contributed by atoms with E-state index < -0.39 is 0 Å². The average Bonchev–Trinajstić information content (AvgIpc) is 2.31. The summed E-state index contributed by atoms with van der Waals surface area (Å²) in [7, 11) is 0. The summed E-state index contributed by atoms with van der Waals surface area (Å²) in [6.45, 7) is 0.671. The van der Waals surface area contributed by atoms with Crippen LogP contribution >= 0.6 is 0 Å². The Labute approximate surface area is 89.0 Å². The largest absolute Gasteiger partial charge is 0.330 e. The third-order valence-electron chi connectivity index (χ3n) is 2.22. The number of rotatable bonds is 3. The van der Waals surface area contributed by atoms with Gasteiger partial charge in [-0.15, -0.1) is 0 Å². The third kappa shape index (κ3) is 2.39. The van der Waals surface area contributed by atoms with Crippen LogP contribution in [0.2, 0.25) is 0 Å². The van der Waals surface area contributed by atoms with Crippen LogP contribution in [0, 0.1) is 0 Å². The fraction of sp³-hybridized carbons (Fsp3) is 0.167. The fourth-order valence-corrected chi connectivity index (χ4v) is 1.50. The molecule has 0 aliphatic rings. The first-order valence-electron chi connectivity index (χ1n) is 4.95. The molecular weight excluding hydrogens is 186 g/mol. The summed E-state index contributed by atoms with van der Waals surface area (Å²) in [4.78, 5) is 8.31. The maximum Gasteiger partial charge on any atom is 0.0885 e. The van der Waals surface area contributed by atoms with Crippen molar-refractivity contribution in [1.29, 1.82) is 0 Å². The molecule has 1 aromatic carbocycles. The van der Waals surface area contributed by atoms with Crippen LogP contribution in [0.3, 0.4) is 0 Å². The van der Waals surface area contributed by atoms with Crippen LogP contribution in [0.5, 0.6) is 0 Å². The summed E-state index contributed by atoms with van der Waals surface area (Å²) in [6.07, 6.45) is 6.04. The molecule has 1 aromatic heterocycles. The van der Waals surface area contributed by atoms with E-state index in [-0.39, 0.29) is 0 Å². The van der Waals surface area contributed by atoms with E-state index in [1.54, 1.807) is 18.6 Å². The van der Waals surface area contributed by atoms with Crippen LogP contribution in [0.15, 0.2) is 42.9 Å². The van der Waals surface area contributed by atoms with Gasteiger partial charge in [-0.1, -0.05) is 18.2 Å². The maximum atomic E-state index is 5.52. The summed E-state index contributed by atoms with van der Waals surface area (Å²) in [5.74, 6) is 0. The first-order valence-corrected chi connectivity index (χ1v) is 4.95. The Kier molecular flexibility index (Phi) is 3.05. The Morgan fingerprint density at radius 2 is 2.13 bits per heavy atom. The molecule has 0 radical (unpaired) electrons. The summed E-state index contributed by atoms with van der Waals surface area (Å²) in [5, 5.41) is 0. The second-order valence-corrected chi connectivity index (χ2v) is 3.33. The van der Waals surface area contributed by atoms with Gasteiger partial charge in [-0.3, -0.25) is 9.97 Å². The molecule has 3 nitrogen and oxygen atoms in total. The van der Waals surface area contributed by atoms with E-state index in [1.807, 2.05) is 12.1 Å². The molecule has 2 N–H and O–H groups in total. The minimum Gasteiger partial charge on any atom is -0.330 e. The Morgan fingerprint density at radius 3 is 2.87 bits per heavy atom. The molecule has 0 saturated carbocycles. The molecule has 0 saturated heterocycles. The van der Waals surface area contributed by atoms with Gasteiger partial charge in [0.25, 0.3) is 0 Å². The van der Waals surface area contributed by atoms with E-state index in [1.165, 1.54) is 5.56 Å². The molecule has 1 heterocycles. The zero-order valence-electron chi connectivity index (χ0n) is 8.43. The molecule has 0 bridgehead atoms. The highest BCUT2D eigenvalue weighted by Gasteiger charge is 1.99. The molecule has 0 aliphatic carbocycles. The number of aromatic nitrogens is 2. The van der Waals surface area contributed by atoms with Gasteiger partial charge in [-0.25, -0.2) is 0 Å². The highest BCUT2D eigenvalue weighted by Crippen LogP contribution is 2.16. The van der Waals surface area contributed by atoms with Crippen LogP contribution in [-0.2, 0) is 6.42 Å². The van der Waals surface area contributed by atoms with Crippen molar-refractivity contribution in [3.8, 4) is 11.3 Å². The molecule has 0 amide bonds. The smallest absolute Gasteiger partial charge is 0.0885 e. The van der Waals surface area contributed by atoms with Crippen LogP contribution in [0.4, 0.5) is 0 Å². The minimum atomic E-state index is 0.671. The Balaban J connectivity index is 2.33. The summed E-state index contributed by atoms with van der Waals surface area (Å²) in [6, 6.07) is 8.24. The molecule has 0 aliphatic heterocycles. The molecule has 2 aromatic rings. The van der Waals surface area contributed by atoms with Gasteiger partial charge in [-0.05, 0) is 24.6 Å². The zero-order valence-corrected chi connectivity index (χ0v) is 8.43. The lowest BCUT2D eigenvalue weighted by atomic mass is 10.1. The van der Waals surface area contributed by atoms with Gasteiger partial charge in [0.05, 0.1) is 11.9 Å². The second kappa shape index (κ2) is 4.66. The quantitative estimate of drug-likeness (QED) is 0.817. The molecule has 15 heavy (non-hydrogen) atoms. The Hall–Kier alpha value is -1.74. The normalized spacial score (nSPS) is 10.2. The lowest BCUT2D eigenvalue weighted by Crippen LogP contribution is -2.02. The van der Waals surface area contributed by atoms with E-state index in [2.05, 4.69) is 22.1 Å². The van der Waals surface area contributed by atoms with Crippen molar-refractivity contribution >= 4 is 0 Å². The molecule has 0 unspecified atom stereocenters. The Morgan fingerprint density at radius 1 is 1.20 bits per heavy atom. The zero-order chi connectivity index (χ0) is 10.5. The number of benzene rings is 1. The summed E-state index contributed by atoms with van der Waals surface area (Å²) >= 11 is 0. The SMILES string of the molecule is NCCc1cccc(-c2cnccn2)c1. The van der Waals surface area contributed by atoms with Gasteiger partial charge in [-0.2, -0.15) is 0 Å². The molecule has 0 fully saturated rings. The Bertz CT molecular complexity index is 426. The second-order valence-electron chi connectivity index (χ2n) is 3.33. The van der Waals surface area contributed by atoms with E-state index in [4.69, 9.17) is 5.73 Å². The number of hydrogen-bond acceptors (Lipinski definition) is 3. The minimum absolute atomic E-state index is 0.671. The van der Waals surface area contributed by atoms with Gasteiger partial charge < -0.3 is 5.73 Å². The van der Waals surface area contributed by atoms with Crippen LogP contribution in [0.25, 0.3) is 11.3 Å². The lowest BCUT2D eigenvalue weighted by Gasteiger charge is -2.03. The van der Waals surface area contributed by atoms with E-state index in [9.17, 15) is 0 Å². The molecule has 3 heteroatoms. The van der Waals surface area contributed by atoms with Crippen LogP contribution in [0.1, 0.15) is 5.56 Å². The van der Waals surface area contributed by atoms with Gasteiger partial charge in [0.2, 0.25) is 0 Å². The average molecular weight is 199 g/mol. The molecule has 0 atom stereocenters. The van der Waals surface area contributed by atoms with E-state index in [0.29, 0.717) is 6.54 Å². The molecule has 2 rings (SSSR count). The van der Waals surface area contributed by atoms with Gasteiger partial charge in [0, 0.05) is 18.0 Å². The molecule has 76 valence electrons. The van der Waals surface area contributed by atoms with Crippen molar-refractivity contribution in [3.05, 3.63) is 48.4 Å². The van der Waals surface area contributed by atoms with Crippen molar-refractivity contribution in [2.75, 3.05) is 6.54 Å². The highest BCUT2D eigenvalue weighted by molar-refractivity contribution is 5.58. The maximum absolute atomic E-state index is 5.52. The van der Waals surface area contributed by atoms with E-state index in [0.717, 1.165) is 17.7 Å². The summed E-state index contributed by atoms with van der Waals surface area (Å²) < 4.78 is 0. The van der Waals surface area contributed by atoms with Crippen molar-refractivity contribution in [2.45, 2.75) is 6.42 Å².